The lowest BCUT2D eigenvalue weighted by molar-refractivity contribution is -0.132. The van der Waals surface area contributed by atoms with E-state index in [4.69, 9.17) is 0 Å². The normalized spacial score (nSPS) is 27.6. The standard InChI is InChI=1S/C17H31N3O.ClH/c21-17(20-13-9-18-10-14-20)8-12-19-11-4-7-16(19)15-5-2-1-3-6-15;/h15-16,18H,1-14H2;1H. The van der Waals surface area contributed by atoms with Gasteiger partial charge in [-0.25, -0.2) is 0 Å². The molecule has 0 aromatic rings. The number of piperazine rings is 1. The Bertz CT molecular complexity index is 341. The molecule has 3 rings (SSSR count). The molecule has 1 unspecified atom stereocenters. The summed E-state index contributed by atoms with van der Waals surface area (Å²) < 4.78 is 0. The third kappa shape index (κ3) is 4.59. The number of hydrogen-bond acceptors (Lipinski definition) is 3. The molecule has 5 heteroatoms. The predicted molar refractivity (Wildman–Crippen MR) is 92.5 cm³/mol. The molecule has 3 aliphatic rings. The fraction of sp³-hybridized carbons (Fsp3) is 0.941. The molecule has 1 N–H and O–H groups in total. The van der Waals surface area contributed by atoms with E-state index in [1.807, 2.05) is 4.90 Å². The molecule has 1 saturated carbocycles. The zero-order chi connectivity index (χ0) is 14.5. The van der Waals surface area contributed by atoms with Gasteiger partial charge in [-0.3, -0.25) is 9.69 Å². The first-order valence-electron chi connectivity index (χ1n) is 9.07. The Morgan fingerprint density at radius 2 is 1.68 bits per heavy atom. The molecule has 22 heavy (non-hydrogen) atoms. The van der Waals surface area contributed by atoms with E-state index < -0.39 is 0 Å². The highest BCUT2D eigenvalue weighted by Crippen LogP contribution is 2.34. The lowest BCUT2D eigenvalue weighted by Crippen LogP contribution is -2.47. The van der Waals surface area contributed by atoms with Gasteiger partial charge in [-0.2, -0.15) is 0 Å². The van der Waals surface area contributed by atoms with Gasteiger partial charge in [0.15, 0.2) is 0 Å². The smallest absolute Gasteiger partial charge is 0.223 e. The molecule has 0 spiro atoms. The van der Waals surface area contributed by atoms with Crippen LogP contribution in [0.2, 0.25) is 0 Å². The van der Waals surface area contributed by atoms with Crippen molar-refractivity contribution in [3.63, 3.8) is 0 Å². The first-order chi connectivity index (χ1) is 10.3. The van der Waals surface area contributed by atoms with Gasteiger partial charge in [0.1, 0.15) is 0 Å². The van der Waals surface area contributed by atoms with E-state index in [0.717, 1.165) is 51.1 Å². The molecule has 1 atom stereocenters. The minimum Gasteiger partial charge on any atom is -0.340 e. The summed E-state index contributed by atoms with van der Waals surface area (Å²) in [4.78, 5) is 17.0. The van der Waals surface area contributed by atoms with E-state index in [-0.39, 0.29) is 12.4 Å². The van der Waals surface area contributed by atoms with Crippen LogP contribution in [0.15, 0.2) is 0 Å². The van der Waals surface area contributed by atoms with Crippen molar-refractivity contribution in [1.29, 1.82) is 0 Å². The molecule has 1 aliphatic carbocycles. The molecule has 0 bridgehead atoms. The van der Waals surface area contributed by atoms with Crippen LogP contribution in [0.5, 0.6) is 0 Å². The Morgan fingerprint density at radius 3 is 2.41 bits per heavy atom. The largest absolute Gasteiger partial charge is 0.340 e. The van der Waals surface area contributed by atoms with Crippen LogP contribution in [-0.4, -0.2) is 61.0 Å². The van der Waals surface area contributed by atoms with Gasteiger partial charge in [0, 0.05) is 45.2 Å². The summed E-state index contributed by atoms with van der Waals surface area (Å²) in [5.41, 5.74) is 0. The summed E-state index contributed by atoms with van der Waals surface area (Å²) in [6.07, 6.45) is 10.6. The molecule has 2 aliphatic heterocycles. The van der Waals surface area contributed by atoms with Gasteiger partial charge in [0.2, 0.25) is 5.91 Å². The summed E-state index contributed by atoms with van der Waals surface area (Å²) in [5.74, 6) is 1.28. The number of nitrogens with zero attached hydrogens (tertiary/aromatic N) is 2. The monoisotopic (exact) mass is 329 g/mol. The zero-order valence-electron chi connectivity index (χ0n) is 13.8. The Labute approximate surface area is 141 Å². The van der Waals surface area contributed by atoms with Crippen molar-refractivity contribution in [1.82, 2.24) is 15.1 Å². The average molecular weight is 330 g/mol. The summed E-state index contributed by atoms with van der Waals surface area (Å²) in [5, 5.41) is 3.31. The maximum absolute atomic E-state index is 12.3. The maximum Gasteiger partial charge on any atom is 0.223 e. The second-order valence-electron chi connectivity index (χ2n) is 7.02. The number of amides is 1. The van der Waals surface area contributed by atoms with Gasteiger partial charge in [0.25, 0.3) is 0 Å². The van der Waals surface area contributed by atoms with Crippen LogP contribution in [0.25, 0.3) is 0 Å². The van der Waals surface area contributed by atoms with Gasteiger partial charge in [-0.15, -0.1) is 12.4 Å². The number of carbonyl (C=O) groups is 1. The fourth-order valence-corrected chi connectivity index (χ4v) is 4.49. The van der Waals surface area contributed by atoms with Gasteiger partial charge in [0.05, 0.1) is 0 Å². The molecule has 0 radical (unpaired) electrons. The van der Waals surface area contributed by atoms with Crippen molar-refractivity contribution in [2.75, 3.05) is 39.3 Å². The van der Waals surface area contributed by atoms with Crippen LogP contribution >= 0.6 is 12.4 Å². The molecule has 4 nitrogen and oxygen atoms in total. The summed E-state index contributed by atoms with van der Waals surface area (Å²) in [6.45, 7) is 5.91. The van der Waals surface area contributed by atoms with Gasteiger partial charge >= 0.3 is 0 Å². The Balaban J connectivity index is 0.00000176. The highest BCUT2D eigenvalue weighted by molar-refractivity contribution is 5.85. The van der Waals surface area contributed by atoms with E-state index >= 15 is 0 Å². The van der Waals surface area contributed by atoms with Crippen LogP contribution in [0.4, 0.5) is 0 Å². The quantitative estimate of drug-likeness (QED) is 0.859. The third-order valence-corrected chi connectivity index (χ3v) is 5.69. The van der Waals surface area contributed by atoms with Crippen LogP contribution in [-0.2, 0) is 4.79 Å². The van der Waals surface area contributed by atoms with Crippen LogP contribution < -0.4 is 5.32 Å². The number of likely N-dealkylation sites (tertiary alicyclic amines) is 1. The Morgan fingerprint density at radius 1 is 0.955 bits per heavy atom. The second-order valence-corrected chi connectivity index (χ2v) is 7.02. The van der Waals surface area contributed by atoms with Crippen molar-refractivity contribution in [2.45, 2.75) is 57.4 Å². The number of carbonyl (C=O) groups excluding carboxylic acids is 1. The number of hydrogen-bond donors (Lipinski definition) is 1. The zero-order valence-corrected chi connectivity index (χ0v) is 14.6. The molecule has 0 aromatic carbocycles. The Kier molecular flexibility index (Phi) is 7.45. The van der Waals surface area contributed by atoms with Crippen molar-refractivity contribution in [3.8, 4) is 0 Å². The molecule has 1 amide bonds. The van der Waals surface area contributed by atoms with E-state index in [9.17, 15) is 4.79 Å². The third-order valence-electron chi connectivity index (χ3n) is 5.69. The van der Waals surface area contributed by atoms with Crippen molar-refractivity contribution < 1.29 is 4.79 Å². The summed E-state index contributed by atoms with van der Waals surface area (Å²) in [6, 6.07) is 0.779. The van der Waals surface area contributed by atoms with Crippen LogP contribution in [0.3, 0.4) is 0 Å². The highest BCUT2D eigenvalue weighted by atomic mass is 35.5. The SMILES string of the molecule is Cl.O=C(CCN1CCCC1C1CCCCC1)N1CCNCC1. The van der Waals surface area contributed by atoms with Gasteiger partial charge < -0.3 is 10.2 Å². The summed E-state index contributed by atoms with van der Waals surface area (Å²) >= 11 is 0. The molecule has 128 valence electrons. The van der Waals surface area contributed by atoms with Crippen molar-refractivity contribution in [2.24, 2.45) is 5.92 Å². The lowest BCUT2D eigenvalue weighted by atomic mass is 9.83. The van der Waals surface area contributed by atoms with E-state index in [1.54, 1.807) is 0 Å². The van der Waals surface area contributed by atoms with Gasteiger partial charge in [-0.1, -0.05) is 19.3 Å². The lowest BCUT2D eigenvalue weighted by Gasteiger charge is -2.34. The number of nitrogens with one attached hydrogen (secondary N) is 1. The molecule has 0 aromatic heterocycles. The number of halogens is 1. The first kappa shape index (κ1) is 18.0. The van der Waals surface area contributed by atoms with E-state index in [2.05, 4.69) is 10.2 Å². The van der Waals surface area contributed by atoms with E-state index in [1.165, 1.54) is 51.5 Å². The van der Waals surface area contributed by atoms with Crippen LogP contribution in [0.1, 0.15) is 51.4 Å². The summed E-state index contributed by atoms with van der Waals surface area (Å²) in [7, 11) is 0. The highest BCUT2D eigenvalue weighted by Gasteiger charge is 2.32. The van der Waals surface area contributed by atoms with E-state index in [0.29, 0.717) is 5.91 Å². The molecular weight excluding hydrogens is 298 g/mol. The minimum atomic E-state index is 0. The predicted octanol–water partition coefficient (Wildman–Crippen LogP) is 2.27. The second kappa shape index (κ2) is 9.09. The fourth-order valence-electron chi connectivity index (χ4n) is 4.49. The number of rotatable bonds is 4. The Hall–Kier alpha value is -0.320. The minimum absolute atomic E-state index is 0. The molecule has 3 fully saturated rings. The van der Waals surface area contributed by atoms with Crippen LogP contribution in [0, 0.1) is 5.92 Å². The molecule has 2 heterocycles. The first-order valence-corrected chi connectivity index (χ1v) is 9.07. The molecular formula is C17H32ClN3O. The van der Waals surface area contributed by atoms with Gasteiger partial charge in [-0.05, 0) is 38.1 Å². The topological polar surface area (TPSA) is 35.6 Å². The maximum atomic E-state index is 12.3. The van der Waals surface area contributed by atoms with Crippen molar-refractivity contribution in [3.05, 3.63) is 0 Å². The molecule has 2 saturated heterocycles. The van der Waals surface area contributed by atoms with Crippen molar-refractivity contribution >= 4 is 18.3 Å². The average Bonchev–Trinajstić information content (AvgIpc) is 3.03.